The molecule has 1 atom stereocenters. The fourth-order valence-corrected chi connectivity index (χ4v) is 10.7. The first-order valence-corrected chi connectivity index (χ1v) is 19.6. The van der Waals surface area contributed by atoms with Crippen LogP contribution >= 0.6 is 0 Å². The highest BCUT2D eigenvalue weighted by molar-refractivity contribution is 6.27. The maximum atomic E-state index is 9.93. The van der Waals surface area contributed by atoms with E-state index in [0.29, 0.717) is 5.56 Å². The van der Waals surface area contributed by atoms with Gasteiger partial charge in [0.1, 0.15) is 0 Å². The molecule has 1 aliphatic heterocycles. The van der Waals surface area contributed by atoms with Crippen molar-refractivity contribution in [3.63, 3.8) is 0 Å². The maximum absolute atomic E-state index is 9.93. The highest BCUT2D eigenvalue weighted by Crippen LogP contribution is 2.61. The minimum Gasteiger partial charge on any atom is -0.309 e. The molecule has 0 bridgehead atoms. The summed E-state index contributed by atoms with van der Waals surface area (Å²) in [6, 6.07) is 71.3. The van der Waals surface area contributed by atoms with E-state index in [1.54, 1.807) is 0 Å². The van der Waals surface area contributed by atoms with Crippen molar-refractivity contribution in [3.05, 3.63) is 216 Å². The molecular formula is C54H31N3. The number of benzene rings is 9. The Morgan fingerprint density at radius 1 is 0.421 bits per heavy atom. The van der Waals surface area contributed by atoms with Crippen molar-refractivity contribution in [2.75, 3.05) is 0 Å². The molecule has 1 unspecified atom stereocenters. The van der Waals surface area contributed by atoms with Crippen LogP contribution in [0.4, 0.5) is 0 Å². The molecule has 3 heteroatoms. The molecule has 3 nitrogen and oxygen atoms in total. The number of hydrogen-bond acceptors (Lipinski definition) is 1. The van der Waals surface area contributed by atoms with Crippen LogP contribution in [-0.2, 0) is 5.41 Å². The van der Waals surface area contributed by atoms with Gasteiger partial charge in [0.15, 0.2) is 0 Å². The zero-order chi connectivity index (χ0) is 37.4. The van der Waals surface area contributed by atoms with Crippen LogP contribution in [-0.4, -0.2) is 9.13 Å². The second kappa shape index (κ2) is 11.0. The Kier molecular flexibility index (Phi) is 5.90. The molecular weight excluding hydrogens is 691 g/mol. The fourth-order valence-electron chi connectivity index (χ4n) is 10.7. The van der Waals surface area contributed by atoms with Crippen LogP contribution in [0.25, 0.3) is 88.0 Å². The molecule has 0 radical (unpaired) electrons. The fraction of sp³-hybridized carbons (Fsp3) is 0.0185. The number of nitrogens with zero attached hydrogens (tertiary/aromatic N) is 3. The van der Waals surface area contributed by atoms with E-state index in [1.165, 1.54) is 82.7 Å². The summed E-state index contributed by atoms with van der Waals surface area (Å²) in [5, 5.41) is 17.0. The highest BCUT2D eigenvalue weighted by atomic mass is 15.0. The van der Waals surface area contributed by atoms with E-state index in [1.807, 2.05) is 12.1 Å². The normalized spacial score (nSPS) is 15.1. The molecule has 0 amide bonds. The summed E-state index contributed by atoms with van der Waals surface area (Å²) in [4.78, 5) is 0. The van der Waals surface area contributed by atoms with Gasteiger partial charge in [-0.1, -0.05) is 140 Å². The van der Waals surface area contributed by atoms with E-state index in [-0.39, 0.29) is 0 Å². The number of nitriles is 1. The molecule has 13 rings (SSSR count). The molecule has 0 fully saturated rings. The summed E-state index contributed by atoms with van der Waals surface area (Å²) in [5.41, 5.74) is 17.4. The quantitative estimate of drug-likeness (QED) is 0.175. The third kappa shape index (κ3) is 3.75. The third-order valence-corrected chi connectivity index (χ3v) is 12.9. The number of fused-ring (bicyclic) bond motifs is 17. The molecule has 3 heterocycles. The Bertz CT molecular complexity index is 3600. The summed E-state index contributed by atoms with van der Waals surface area (Å²) in [7, 11) is 0. The smallest absolute Gasteiger partial charge is 0.0998 e. The van der Waals surface area contributed by atoms with E-state index >= 15 is 0 Å². The molecule has 9 aromatic carbocycles. The van der Waals surface area contributed by atoms with Gasteiger partial charge in [-0.05, 0) is 98.4 Å². The van der Waals surface area contributed by atoms with Crippen LogP contribution in [0.3, 0.4) is 0 Å². The molecule has 2 aliphatic rings. The lowest BCUT2D eigenvalue weighted by molar-refractivity contribution is 0.749. The zero-order valence-electron chi connectivity index (χ0n) is 30.7. The first-order valence-electron chi connectivity index (χ1n) is 19.6. The zero-order valence-corrected chi connectivity index (χ0v) is 30.7. The van der Waals surface area contributed by atoms with E-state index in [4.69, 9.17) is 0 Å². The van der Waals surface area contributed by atoms with Gasteiger partial charge in [-0.2, -0.15) is 5.26 Å². The van der Waals surface area contributed by atoms with Gasteiger partial charge in [0.05, 0.1) is 44.8 Å². The van der Waals surface area contributed by atoms with Crippen LogP contribution in [0.1, 0.15) is 27.8 Å². The minimum absolute atomic E-state index is 0.528. The Balaban J connectivity index is 1.15. The summed E-state index contributed by atoms with van der Waals surface area (Å²) in [6.45, 7) is 0. The van der Waals surface area contributed by atoms with Gasteiger partial charge in [-0.3, -0.25) is 0 Å². The second-order valence-electron chi connectivity index (χ2n) is 15.5. The van der Waals surface area contributed by atoms with E-state index < -0.39 is 5.41 Å². The van der Waals surface area contributed by atoms with E-state index in [9.17, 15) is 5.26 Å². The van der Waals surface area contributed by atoms with Crippen molar-refractivity contribution in [2.24, 2.45) is 0 Å². The first-order chi connectivity index (χ1) is 28.3. The largest absolute Gasteiger partial charge is 0.309 e. The summed E-state index contributed by atoms with van der Waals surface area (Å²) in [5.74, 6) is 0. The molecule has 11 aromatic rings. The SMILES string of the molecule is N#Cc1cccc2ccc(-c3ccc4c(c3)-c3ccccc3C43c4ccccc4-n4c5c3cccc5c3ccc5c(c6ccccc6n5-c5ccccc5)c34)cc12. The van der Waals surface area contributed by atoms with Crippen molar-refractivity contribution in [1.29, 1.82) is 5.26 Å². The first kappa shape index (κ1) is 30.6. The van der Waals surface area contributed by atoms with Crippen molar-refractivity contribution in [3.8, 4) is 39.7 Å². The molecule has 0 saturated carbocycles. The van der Waals surface area contributed by atoms with E-state index in [0.717, 1.165) is 27.6 Å². The van der Waals surface area contributed by atoms with E-state index in [2.05, 4.69) is 191 Å². The monoisotopic (exact) mass is 721 g/mol. The van der Waals surface area contributed by atoms with Crippen LogP contribution < -0.4 is 0 Å². The highest BCUT2D eigenvalue weighted by Gasteiger charge is 2.51. The Labute approximate surface area is 328 Å². The molecule has 262 valence electrons. The van der Waals surface area contributed by atoms with Crippen LogP contribution in [0.2, 0.25) is 0 Å². The van der Waals surface area contributed by atoms with Crippen LogP contribution in [0.15, 0.2) is 188 Å². The van der Waals surface area contributed by atoms with Crippen LogP contribution in [0.5, 0.6) is 0 Å². The van der Waals surface area contributed by atoms with Crippen molar-refractivity contribution < 1.29 is 0 Å². The molecule has 2 aromatic heterocycles. The van der Waals surface area contributed by atoms with Gasteiger partial charge < -0.3 is 9.13 Å². The van der Waals surface area contributed by atoms with Gasteiger partial charge in [0.25, 0.3) is 0 Å². The summed E-state index contributed by atoms with van der Waals surface area (Å²) in [6.07, 6.45) is 0. The van der Waals surface area contributed by atoms with Gasteiger partial charge in [-0.25, -0.2) is 0 Å². The summed E-state index contributed by atoms with van der Waals surface area (Å²) >= 11 is 0. The standard InChI is InChI=1S/C54H31N3/c55-32-36-13-10-12-33-24-25-34(30-42(33)36)35-26-28-45-43(31-35)38-16-4-6-19-44(38)54(45)46-20-7-9-23-49(46)57-52-39(18-11-21-47(52)54)40-27-29-50-51(53(40)57)41-17-5-8-22-48(41)56(50)37-14-2-1-3-15-37/h1-31H. The molecule has 0 saturated heterocycles. The predicted octanol–water partition coefficient (Wildman–Crippen LogP) is 13.2. The van der Waals surface area contributed by atoms with Crippen LogP contribution in [0, 0.1) is 11.3 Å². The van der Waals surface area contributed by atoms with Crippen molar-refractivity contribution in [1.82, 2.24) is 9.13 Å². The van der Waals surface area contributed by atoms with Gasteiger partial charge in [0, 0.05) is 32.6 Å². The maximum Gasteiger partial charge on any atom is 0.0998 e. The van der Waals surface area contributed by atoms with Gasteiger partial charge >= 0.3 is 0 Å². The van der Waals surface area contributed by atoms with Gasteiger partial charge in [0.2, 0.25) is 0 Å². The van der Waals surface area contributed by atoms with Crippen molar-refractivity contribution >= 4 is 54.4 Å². The lowest BCUT2D eigenvalue weighted by Crippen LogP contribution is -2.33. The Morgan fingerprint density at radius 2 is 1.12 bits per heavy atom. The minimum atomic E-state index is -0.528. The average Bonchev–Trinajstić information content (AvgIpc) is 3.90. The lowest BCUT2D eigenvalue weighted by atomic mass is 9.65. The average molecular weight is 722 g/mol. The molecule has 1 aliphatic carbocycles. The lowest BCUT2D eigenvalue weighted by Gasteiger charge is -2.39. The topological polar surface area (TPSA) is 33.6 Å². The van der Waals surface area contributed by atoms with Crippen molar-refractivity contribution in [2.45, 2.75) is 5.41 Å². The second-order valence-corrected chi connectivity index (χ2v) is 15.5. The molecule has 57 heavy (non-hydrogen) atoms. The predicted molar refractivity (Wildman–Crippen MR) is 234 cm³/mol. The number of para-hydroxylation sites is 4. The molecule has 1 spiro atoms. The number of hydrogen-bond donors (Lipinski definition) is 0. The third-order valence-electron chi connectivity index (χ3n) is 12.9. The molecule has 0 N–H and O–H groups in total. The summed E-state index contributed by atoms with van der Waals surface area (Å²) < 4.78 is 5.01. The van der Waals surface area contributed by atoms with Gasteiger partial charge in [-0.15, -0.1) is 0 Å². The Hall–Kier alpha value is -7.67. The Morgan fingerprint density at radius 3 is 2.04 bits per heavy atom. The number of aromatic nitrogens is 2. The number of rotatable bonds is 2.